The zero-order chi connectivity index (χ0) is 18.8. The van der Waals surface area contributed by atoms with Gasteiger partial charge in [-0.2, -0.15) is 5.10 Å². The number of benzene rings is 2. The molecule has 0 saturated heterocycles. The van der Waals surface area contributed by atoms with E-state index in [1.807, 2.05) is 92.0 Å². The third-order valence-electron chi connectivity index (χ3n) is 3.60. The number of allylic oxidation sites excluding steroid dienone is 4. The Morgan fingerprint density at radius 3 is 2.23 bits per heavy atom. The molecule has 26 heavy (non-hydrogen) atoms. The van der Waals surface area contributed by atoms with Gasteiger partial charge in [-0.1, -0.05) is 12.2 Å². The van der Waals surface area contributed by atoms with Gasteiger partial charge in [0.2, 0.25) is 0 Å². The van der Waals surface area contributed by atoms with Crippen molar-refractivity contribution in [2.75, 3.05) is 30.2 Å². The fraction of sp³-hybridized carbons (Fsp3) is 0.143. The Kier molecular flexibility index (Phi) is 7.18. The monoisotopic (exact) mass is 347 g/mol. The first-order valence-corrected chi connectivity index (χ1v) is 8.38. The van der Waals surface area contributed by atoms with Crippen molar-refractivity contribution in [2.45, 2.75) is 6.92 Å². The van der Waals surface area contributed by atoms with Crippen molar-refractivity contribution in [1.29, 1.82) is 0 Å². The minimum absolute atomic E-state index is 0.752. The molecule has 5 heteroatoms. The van der Waals surface area contributed by atoms with Crippen LogP contribution >= 0.6 is 0 Å². The molecule has 0 aliphatic rings. The Hall–Kier alpha value is -3.34. The molecule has 0 heterocycles. The van der Waals surface area contributed by atoms with E-state index in [0.717, 1.165) is 28.3 Å². The molecule has 0 amide bonds. The Labute approximate surface area is 155 Å². The van der Waals surface area contributed by atoms with E-state index in [9.17, 15) is 0 Å². The number of nitrogen functional groups attached to an aromatic ring is 1. The summed E-state index contributed by atoms with van der Waals surface area (Å²) in [5.41, 5.74) is 10.4. The highest BCUT2D eigenvalue weighted by Crippen LogP contribution is 2.21. The fourth-order valence-electron chi connectivity index (χ4n) is 2.21. The summed E-state index contributed by atoms with van der Waals surface area (Å²) in [5, 5.41) is 9.65. The van der Waals surface area contributed by atoms with Crippen LogP contribution in [-0.2, 0) is 0 Å². The number of hydrogen-bond acceptors (Lipinski definition) is 5. The summed E-state index contributed by atoms with van der Waals surface area (Å²) in [4.78, 5) is 3.97. The molecule has 2 rings (SSSR count). The van der Waals surface area contributed by atoms with Crippen LogP contribution in [0.3, 0.4) is 0 Å². The number of anilines is 4. The van der Waals surface area contributed by atoms with Gasteiger partial charge in [-0.3, -0.25) is 10.0 Å². The summed E-state index contributed by atoms with van der Waals surface area (Å²) in [6.07, 6.45) is 9.43. The lowest BCUT2D eigenvalue weighted by Crippen LogP contribution is -2.08. The van der Waals surface area contributed by atoms with E-state index in [1.165, 1.54) is 0 Å². The summed E-state index contributed by atoms with van der Waals surface area (Å²) in [6.45, 7) is 1.97. The maximum atomic E-state index is 5.71. The van der Waals surface area contributed by atoms with Crippen LogP contribution in [0.1, 0.15) is 6.92 Å². The third kappa shape index (κ3) is 5.94. The van der Waals surface area contributed by atoms with E-state index in [0.29, 0.717) is 0 Å². The maximum Gasteiger partial charge on any atom is 0.0592 e. The van der Waals surface area contributed by atoms with Gasteiger partial charge >= 0.3 is 0 Å². The molecule has 0 aliphatic carbocycles. The van der Waals surface area contributed by atoms with Gasteiger partial charge < -0.3 is 11.1 Å². The van der Waals surface area contributed by atoms with Crippen molar-refractivity contribution in [3.05, 3.63) is 72.3 Å². The standard InChI is InChI=1S/C21H25N5/c1-4-5-17(14-15-23-2)16-24-26(3)21-12-10-20(11-13-21)25-19-8-6-18(22)7-9-19/h4-16,25H,22H2,1-3H3/b5-4-,17-14+,23-15?,24-16+. The minimum atomic E-state index is 0.752. The first-order valence-electron chi connectivity index (χ1n) is 8.38. The largest absolute Gasteiger partial charge is 0.399 e. The Balaban J connectivity index is 2.04. The van der Waals surface area contributed by atoms with Gasteiger partial charge in [0.25, 0.3) is 0 Å². The van der Waals surface area contributed by atoms with Crippen LogP contribution in [-0.4, -0.2) is 26.5 Å². The SMILES string of the molecule is C\C=C/C(/C=N/N(C)c1ccc(Nc2ccc(N)cc2)cc1)=C\C=NC. The topological polar surface area (TPSA) is 66.0 Å². The van der Waals surface area contributed by atoms with Crippen molar-refractivity contribution in [3.8, 4) is 0 Å². The van der Waals surface area contributed by atoms with Gasteiger partial charge in [0.05, 0.1) is 11.9 Å². The highest BCUT2D eigenvalue weighted by molar-refractivity contribution is 5.89. The van der Waals surface area contributed by atoms with E-state index < -0.39 is 0 Å². The van der Waals surface area contributed by atoms with Crippen molar-refractivity contribution >= 4 is 35.2 Å². The molecule has 2 aromatic rings. The number of rotatable bonds is 7. The number of aliphatic imine (C=N–C) groups is 1. The lowest BCUT2D eigenvalue weighted by Gasteiger charge is -2.14. The number of hydrazone groups is 1. The smallest absolute Gasteiger partial charge is 0.0592 e. The summed E-state index contributed by atoms with van der Waals surface area (Å²) in [6, 6.07) is 15.7. The zero-order valence-corrected chi connectivity index (χ0v) is 15.4. The molecule has 0 spiro atoms. The Morgan fingerprint density at radius 1 is 1.04 bits per heavy atom. The summed E-state index contributed by atoms with van der Waals surface area (Å²) >= 11 is 0. The molecule has 0 fully saturated rings. The lowest BCUT2D eigenvalue weighted by molar-refractivity contribution is 1.02. The second kappa shape index (κ2) is 9.84. The molecule has 2 aromatic carbocycles. The fourth-order valence-corrected chi connectivity index (χ4v) is 2.21. The molecule has 0 radical (unpaired) electrons. The van der Waals surface area contributed by atoms with E-state index in [-0.39, 0.29) is 0 Å². The number of nitrogens with two attached hydrogens (primary N) is 1. The predicted octanol–water partition coefficient (Wildman–Crippen LogP) is 4.64. The van der Waals surface area contributed by atoms with Crippen LogP contribution in [0.15, 0.2) is 82.4 Å². The molecule has 0 aromatic heterocycles. The lowest BCUT2D eigenvalue weighted by atomic mass is 10.2. The van der Waals surface area contributed by atoms with Crippen LogP contribution < -0.4 is 16.1 Å². The number of nitrogens with one attached hydrogen (secondary N) is 1. The molecule has 3 N–H and O–H groups in total. The van der Waals surface area contributed by atoms with Crippen LogP contribution in [0.25, 0.3) is 0 Å². The highest BCUT2D eigenvalue weighted by atomic mass is 15.4. The van der Waals surface area contributed by atoms with E-state index in [4.69, 9.17) is 5.73 Å². The van der Waals surface area contributed by atoms with E-state index in [1.54, 1.807) is 13.3 Å². The van der Waals surface area contributed by atoms with Crippen LogP contribution in [0.4, 0.5) is 22.7 Å². The first-order chi connectivity index (χ1) is 12.6. The summed E-state index contributed by atoms with van der Waals surface area (Å²) in [5.74, 6) is 0. The van der Waals surface area contributed by atoms with Gasteiger partial charge in [0.15, 0.2) is 0 Å². The summed E-state index contributed by atoms with van der Waals surface area (Å²) < 4.78 is 0. The minimum Gasteiger partial charge on any atom is -0.399 e. The van der Waals surface area contributed by atoms with Gasteiger partial charge in [-0.05, 0) is 67.1 Å². The van der Waals surface area contributed by atoms with Gasteiger partial charge in [-0.15, -0.1) is 0 Å². The zero-order valence-electron chi connectivity index (χ0n) is 15.4. The molecule has 134 valence electrons. The van der Waals surface area contributed by atoms with Crippen LogP contribution in [0, 0.1) is 0 Å². The Bertz CT molecular complexity index is 799. The second-order valence-electron chi connectivity index (χ2n) is 5.64. The van der Waals surface area contributed by atoms with Crippen LogP contribution in [0.5, 0.6) is 0 Å². The third-order valence-corrected chi connectivity index (χ3v) is 3.60. The number of hydrogen-bond donors (Lipinski definition) is 2. The van der Waals surface area contributed by atoms with E-state index in [2.05, 4.69) is 15.4 Å². The Morgan fingerprint density at radius 2 is 1.65 bits per heavy atom. The van der Waals surface area contributed by atoms with Gasteiger partial charge in [0.1, 0.15) is 0 Å². The molecule has 0 bridgehead atoms. The number of nitrogens with zero attached hydrogens (tertiary/aromatic N) is 3. The first kappa shape index (κ1) is 19.0. The quantitative estimate of drug-likeness (QED) is 0.332. The molecule has 0 unspecified atom stereocenters. The normalized spacial score (nSPS) is 12.3. The van der Waals surface area contributed by atoms with E-state index >= 15 is 0 Å². The second-order valence-corrected chi connectivity index (χ2v) is 5.64. The average molecular weight is 347 g/mol. The summed E-state index contributed by atoms with van der Waals surface area (Å²) in [7, 11) is 3.66. The van der Waals surface area contributed by atoms with Crippen molar-refractivity contribution in [1.82, 2.24) is 0 Å². The van der Waals surface area contributed by atoms with Gasteiger partial charge in [-0.25, -0.2) is 0 Å². The molecule has 0 saturated carbocycles. The predicted molar refractivity (Wildman–Crippen MR) is 115 cm³/mol. The average Bonchev–Trinajstić information content (AvgIpc) is 2.66. The van der Waals surface area contributed by atoms with Crippen molar-refractivity contribution in [3.63, 3.8) is 0 Å². The maximum absolute atomic E-state index is 5.71. The highest BCUT2D eigenvalue weighted by Gasteiger charge is 2.00. The molecule has 5 nitrogen and oxygen atoms in total. The molecule has 0 aliphatic heterocycles. The molecule has 0 atom stereocenters. The van der Waals surface area contributed by atoms with Crippen LogP contribution in [0.2, 0.25) is 0 Å². The van der Waals surface area contributed by atoms with Gasteiger partial charge in [0, 0.05) is 37.4 Å². The molecular weight excluding hydrogens is 322 g/mol. The van der Waals surface area contributed by atoms with Crippen molar-refractivity contribution in [2.24, 2.45) is 10.1 Å². The molecular formula is C21H25N5. The van der Waals surface area contributed by atoms with Crippen molar-refractivity contribution < 1.29 is 0 Å².